The average Bonchev–Trinajstić information content (AvgIpc) is 2.68. The predicted octanol–water partition coefficient (Wildman–Crippen LogP) is 1.24. The van der Waals surface area contributed by atoms with Crippen LogP contribution in [0, 0.1) is 0 Å². The highest BCUT2D eigenvalue weighted by atomic mass is 19.3. The minimum Gasteiger partial charge on any atom is -0.409 e. The lowest BCUT2D eigenvalue weighted by Gasteiger charge is -2.27. The maximum absolute atomic E-state index is 12.3. The Labute approximate surface area is 87.7 Å². The molecule has 3 N–H and O–H groups in total. The first-order valence-electron chi connectivity index (χ1n) is 5.12. The largest absolute Gasteiger partial charge is 0.409 e. The van der Waals surface area contributed by atoms with Crippen LogP contribution in [-0.2, 0) is 0 Å². The van der Waals surface area contributed by atoms with Gasteiger partial charge in [0, 0.05) is 6.04 Å². The standard InChI is InChI=1S/C9H17F2N3O/c10-8(11)5-14(6-9(12)13-15)7-3-1-2-4-7/h7-8,15H,1-6H2,(H2,12,13). The summed E-state index contributed by atoms with van der Waals surface area (Å²) in [5.41, 5.74) is 5.33. The summed E-state index contributed by atoms with van der Waals surface area (Å²) in [7, 11) is 0. The fourth-order valence-electron chi connectivity index (χ4n) is 2.03. The highest BCUT2D eigenvalue weighted by Gasteiger charge is 2.25. The second-order valence-electron chi connectivity index (χ2n) is 3.85. The first-order chi connectivity index (χ1) is 7.13. The number of alkyl halides is 2. The van der Waals surface area contributed by atoms with E-state index in [1.807, 2.05) is 0 Å². The van der Waals surface area contributed by atoms with Crippen LogP contribution in [-0.4, -0.2) is 41.5 Å². The molecule has 0 amide bonds. The van der Waals surface area contributed by atoms with E-state index in [2.05, 4.69) is 5.16 Å². The van der Waals surface area contributed by atoms with Gasteiger partial charge in [-0.25, -0.2) is 8.78 Å². The molecule has 1 rings (SSSR count). The van der Waals surface area contributed by atoms with Gasteiger partial charge < -0.3 is 10.9 Å². The number of rotatable bonds is 5. The maximum Gasteiger partial charge on any atom is 0.251 e. The third-order valence-electron chi connectivity index (χ3n) is 2.71. The summed E-state index contributed by atoms with van der Waals surface area (Å²) in [6.45, 7) is -0.188. The molecule has 0 saturated heterocycles. The van der Waals surface area contributed by atoms with Gasteiger partial charge in [0.2, 0.25) is 0 Å². The fourth-order valence-corrected chi connectivity index (χ4v) is 2.03. The van der Waals surface area contributed by atoms with Crippen LogP contribution in [0.4, 0.5) is 8.78 Å². The van der Waals surface area contributed by atoms with E-state index in [4.69, 9.17) is 10.9 Å². The molecule has 6 heteroatoms. The summed E-state index contributed by atoms with van der Waals surface area (Å²) in [5, 5.41) is 11.2. The van der Waals surface area contributed by atoms with E-state index in [-0.39, 0.29) is 25.0 Å². The summed E-state index contributed by atoms with van der Waals surface area (Å²) in [6.07, 6.45) is 1.61. The number of nitrogens with two attached hydrogens (primary N) is 1. The van der Waals surface area contributed by atoms with Gasteiger partial charge in [-0.2, -0.15) is 0 Å². The van der Waals surface area contributed by atoms with Crippen molar-refractivity contribution in [3.63, 3.8) is 0 Å². The minimum atomic E-state index is -2.38. The first-order valence-corrected chi connectivity index (χ1v) is 5.12. The van der Waals surface area contributed by atoms with E-state index in [1.165, 1.54) is 0 Å². The molecule has 0 aromatic carbocycles. The van der Waals surface area contributed by atoms with Crippen LogP contribution in [0.15, 0.2) is 5.16 Å². The normalized spacial score (nSPS) is 19.3. The van der Waals surface area contributed by atoms with Crippen molar-refractivity contribution in [2.75, 3.05) is 13.1 Å². The van der Waals surface area contributed by atoms with Crippen molar-refractivity contribution in [3.8, 4) is 0 Å². The van der Waals surface area contributed by atoms with Gasteiger partial charge in [0.15, 0.2) is 5.84 Å². The number of hydrogen-bond donors (Lipinski definition) is 2. The smallest absolute Gasteiger partial charge is 0.251 e. The molecule has 1 fully saturated rings. The Morgan fingerprint density at radius 2 is 2.07 bits per heavy atom. The number of nitrogens with zero attached hydrogens (tertiary/aromatic N) is 2. The van der Waals surface area contributed by atoms with Crippen LogP contribution in [0.1, 0.15) is 25.7 Å². The van der Waals surface area contributed by atoms with Gasteiger partial charge in [-0.1, -0.05) is 18.0 Å². The molecule has 4 nitrogen and oxygen atoms in total. The molecular weight excluding hydrogens is 204 g/mol. The molecule has 0 bridgehead atoms. The topological polar surface area (TPSA) is 61.8 Å². The molecular formula is C9H17F2N3O. The lowest BCUT2D eigenvalue weighted by atomic mass is 10.2. The third-order valence-corrected chi connectivity index (χ3v) is 2.71. The van der Waals surface area contributed by atoms with Gasteiger partial charge in [0.25, 0.3) is 6.43 Å². The zero-order valence-electron chi connectivity index (χ0n) is 8.57. The van der Waals surface area contributed by atoms with E-state index in [0.717, 1.165) is 25.7 Å². The molecule has 15 heavy (non-hydrogen) atoms. The highest BCUT2D eigenvalue weighted by Crippen LogP contribution is 2.23. The van der Waals surface area contributed by atoms with Crippen LogP contribution >= 0.6 is 0 Å². The Kier molecular flexibility index (Phi) is 4.74. The molecule has 0 spiro atoms. The molecule has 0 aliphatic heterocycles. The summed E-state index contributed by atoms with van der Waals surface area (Å²) in [4.78, 5) is 1.60. The van der Waals surface area contributed by atoms with Gasteiger partial charge in [-0.3, -0.25) is 4.90 Å². The van der Waals surface area contributed by atoms with Crippen LogP contribution in [0.2, 0.25) is 0 Å². The van der Waals surface area contributed by atoms with E-state index in [9.17, 15) is 8.78 Å². The molecule has 0 atom stereocenters. The zero-order chi connectivity index (χ0) is 11.3. The Balaban J connectivity index is 2.51. The number of halogens is 2. The lowest BCUT2D eigenvalue weighted by molar-refractivity contribution is 0.0752. The van der Waals surface area contributed by atoms with Gasteiger partial charge in [0.05, 0.1) is 13.1 Å². The van der Waals surface area contributed by atoms with Crippen molar-refractivity contribution >= 4 is 5.84 Å². The van der Waals surface area contributed by atoms with Crippen LogP contribution in [0.3, 0.4) is 0 Å². The van der Waals surface area contributed by atoms with Crippen LogP contribution in [0.5, 0.6) is 0 Å². The Hall–Kier alpha value is -0.910. The summed E-state index contributed by atoms with van der Waals surface area (Å²) in [5.74, 6) is -0.0115. The average molecular weight is 221 g/mol. The van der Waals surface area contributed by atoms with E-state index in [0.29, 0.717) is 0 Å². The van der Waals surface area contributed by atoms with Gasteiger partial charge >= 0.3 is 0 Å². The Morgan fingerprint density at radius 1 is 1.47 bits per heavy atom. The Morgan fingerprint density at radius 3 is 2.53 bits per heavy atom. The Bertz CT molecular complexity index is 217. The summed E-state index contributed by atoms with van der Waals surface area (Å²) in [6, 6.07) is 0.152. The molecule has 88 valence electrons. The minimum absolute atomic E-state index is 0.0115. The molecule has 0 heterocycles. The molecule has 0 aromatic heterocycles. The van der Waals surface area contributed by atoms with Gasteiger partial charge in [-0.05, 0) is 12.8 Å². The number of oxime groups is 1. The van der Waals surface area contributed by atoms with Crippen molar-refractivity contribution in [3.05, 3.63) is 0 Å². The van der Waals surface area contributed by atoms with Crippen molar-refractivity contribution < 1.29 is 14.0 Å². The van der Waals surface area contributed by atoms with Gasteiger partial charge in [-0.15, -0.1) is 0 Å². The molecule has 0 radical (unpaired) electrons. The molecule has 1 aliphatic carbocycles. The quantitative estimate of drug-likeness (QED) is 0.318. The monoisotopic (exact) mass is 221 g/mol. The maximum atomic E-state index is 12.3. The van der Waals surface area contributed by atoms with E-state index >= 15 is 0 Å². The van der Waals surface area contributed by atoms with E-state index < -0.39 is 6.43 Å². The van der Waals surface area contributed by atoms with Crippen molar-refractivity contribution in [1.29, 1.82) is 0 Å². The van der Waals surface area contributed by atoms with Crippen LogP contribution < -0.4 is 5.73 Å². The second kappa shape index (κ2) is 5.85. The lowest BCUT2D eigenvalue weighted by Crippen LogP contribution is -2.42. The van der Waals surface area contributed by atoms with Crippen molar-refractivity contribution in [2.45, 2.75) is 38.2 Å². The van der Waals surface area contributed by atoms with Gasteiger partial charge in [0.1, 0.15) is 0 Å². The summed E-state index contributed by atoms with van der Waals surface area (Å²) >= 11 is 0. The van der Waals surface area contributed by atoms with Crippen molar-refractivity contribution in [2.24, 2.45) is 10.9 Å². The second-order valence-corrected chi connectivity index (χ2v) is 3.85. The predicted molar refractivity (Wildman–Crippen MR) is 53.2 cm³/mol. The SMILES string of the molecule is NC(CN(CC(F)F)C1CCCC1)=NO. The van der Waals surface area contributed by atoms with Crippen LogP contribution in [0.25, 0.3) is 0 Å². The number of amidine groups is 1. The van der Waals surface area contributed by atoms with E-state index in [1.54, 1.807) is 4.90 Å². The molecule has 0 aromatic rings. The number of hydrogen-bond acceptors (Lipinski definition) is 3. The zero-order valence-corrected chi connectivity index (χ0v) is 8.57. The highest BCUT2D eigenvalue weighted by molar-refractivity contribution is 5.81. The van der Waals surface area contributed by atoms with Crippen molar-refractivity contribution in [1.82, 2.24) is 4.90 Å². The third kappa shape index (κ3) is 3.99. The summed E-state index contributed by atoms with van der Waals surface area (Å²) < 4.78 is 24.6. The molecule has 1 aliphatic rings. The molecule has 1 saturated carbocycles. The molecule has 0 unspecified atom stereocenters. The first kappa shape index (κ1) is 12.2. The fraction of sp³-hybridized carbons (Fsp3) is 0.889.